The number of likely N-dealkylation sites (tertiary alicyclic amines) is 1. The van der Waals surface area contributed by atoms with Crippen molar-refractivity contribution in [3.8, 4) is 0 Å². The molecule has 3 rings (SSSR count). The second kappa shape index (κ2) is 6.77. The number of fused-ring (bicyclic) bond motifs is 1. The molecule has 1 amide bonds. The first-order valence-corrected chi connectivity index (χ1v) is 10.1. The van der Waals surface area contributed by atoms with Crippen molar-refractivity contribution < 1.29 is 9.53 Å². The van der Waals surface area contributed by atoms with E-state index < -0.39 is 26.6 Å². The molecule has 3 heterocycles. The van der Waals surface area contributed by atoms with Crippen molar-refractivity contribution in [1.82, 2.24) is 14.9 Å². The molecule has 1 aromatic rings. The molecule has 0 radical (unpaired) electrons. The van der Waals surface area contributed by atoms with E-state index in [0.717, 1.165) is 41.9 Å². The third-order valence-electron chi connectivity index (χ3n) is 3.95. The number of halogens is 1. The van der Waals surface area contributed by atoms with Crippen LogP contribution in [0.3, 0.4) is 0 Å². The molecule has 0 aliphatic carbocycles. The Balaban J connectivity index is 1.53. The third-order valence-corrected chi connectivity index (χ3v) is 6.21. The lowest BCUT2D eigenvalue weighted by Crippen LogP contribution is -2.43. The molecule has 0 saturated carbocycles. The highest BCUT2D eigenvalue weighted by Gasteiger charge is 2.29. The maximum Gasteiger partial charge on any atom is 0.410 e. The van der Waals surface area contributed by atoms with E-state index in [1.165, 1.54) is 6.33 Å². The number of hydrogen-bond donors (Lipinski definition) is 1. The lowest BCUT2D eigenvalue weighted by atomic mass is 9.97. The van der Waals surface area contributed by atoms with Gasteiger partial charge in [0.1, 0.15) is 21.3 Å². The number of anilines is 2. The zero-order chi connectivity index (χ0) is 17.3. The number of nitrogens with two attached hydrogens (primary N) is 1. The lowest BCUT2D eigenvalue weighted by Gasteiger charge is -2.34. The highest BCUT2D eigenvalue weighted by atomic mass is 127. The van der Waals surface area contributed by atoms with Crippen LogP contribution < -0.4 is 10.7 Å². The first-order valence-electron chi connectivity index (χ1n) is 8.04. The van der Waals surface area contributed by atoms with Gasteiger partial charge in [0, 0.05) is 19.6 Å². The van der Waals surface area contributed by atoms with Gasteiger partial charge in [0.15, 0.2) is 5.82 Å². The van der Waals surface area contributed by atoms with Crippen LogP contribution in [0.15, 0.2) is 9.58 Å². The normalized spacial score (nSPS) is 18.3. The van der Waals surface area contributed by atoms with Gasteiger partial charge in [0.2, 0.25) is 0 Å². The van der Waals surface area contributed by atoms with Crippen LogP contribution in [0.2, 0.25) is 0 Å². The number of amides is 1. The number of ether oxygens (including phenoxy) is 1. The second-order valence-electron chi connectivity index (χ2n) is 7.05. The van der Waals surface area contributed by atoms with Crippen LogP contribution in [0.4, 0.5) is 16.4 Å². The smallest absolute Gasteiger partial charge is 0.410 e. The Kier molecular flexibility index (Phi) is 4.88. The Morgan fingerprint density at radius 1 is 1.38 bits per heavy atom. The van der Waals surface area contributed by atoms with Crippen molar-refractivity contribution in [3.63, 3.8) is 0 Å². The van der Waals surface area contributed by atoms with E-state index in [2.05, 4.69) is 13.2 Å². The number of piperidine rings is 1. The molecule has 0 unspecified atom stereocenters. The lowest BCUT2D eigenvalue weighted by molar-refractivity contribution is 0.0186. The first-order chi connectivity index (χ1) is 11.3. The van der Waals surface area contributed by atoms with Crippen LogP contribution in [0, 0.1) is 9.49 Å². The van der Waals surface area contributed by atoms with Gasteiger partial charge in [0.25, 0.3) is 0 Å². The van der Waals surface area contributed by atoms with Gasteiger partial charge in [-0.15, -0.1) is 3.25 Å². The zero-order valence-electron chi connectivity index (χ0n) is 14.2. The van der Waals surface area contributed by atoms with Gasteiger partial charge in [-0.1, -0.05) is 0 Å². The summed E-state index contributed by atoms with van der Waals surface area (Å²) in [5.74, 6) is 1.90. The van der Waals surface area contributed by atoms with E-state index in [4.69, 9.17) is 10.5 Å². The Morgan fingerprint density at radius 2 is 2.08 bits per heavy atom. The van der Waals surface area contributed by atoms with Gasteiger partial charge in [-0.25, -0.2) is 19.8 Å². The van der Waals surface area contributed by atoms with Gasteiger partial charge >= 0.3 is 6.09 Å². The molecular weight excluding hydrogens is 423 g/mol. The third kappa shape index (κ3) is 3.93. The van der Waals surface area contributed by atoms with Crippen LogP contribution in [-0.4, -0.2) is 46.2 Å². The standard InChI is InChI=1S/C15H23IN6O2/c1-15(2,3)24-14(23)21-6-4-10(5-7-21)8-22-13-11(16-20-22)12(17)18-9-19-13/h9-10H,4-8H2,1-3H3,(H2,17,18,19). The van der Waals surface area contributed by atoms with E-state index in [-0.39, 0.29) is 6.09 Å². The second-order valence-corrected chi connectivity index (χ2v) is 9.04. The minimum atomic E-state index is -0.488. The Hall–Kier alpha value is -1.52. The first kappa shape index (κ1) is 17.3. The van der Waals surface area contributed by atoms with Gasteiger partial charge < -0.3 is 15.4 Å². The molecule has 1 saturated heterocycles. The highest BCUT2D eigenvalue weighted by Crippen LogP contribution is 2.37. The van der Waals surface area contributed by atoms with E-state index in [1.807, 2.05) is 25.8 Å². The number of carbonyl (C=O) groups is 1. The fourth-order valence-electron chi connectivity index (χ4n) is 2.74. The molecule has 2 aliphatic heterocycles. The van der Waals surface area contributed by atoms with E-state index >= 15 is 0 Å². The summed E-state index contributed by atoms with van der Waals surface area (Å²) >= 11 is -0.488. The summed E-state index contributed by atoms with van der Waals surface area (Å²) < 4.78 is 11.1. The molecule has 0 spiro atoms. The Labute approximate surface area is 151 Å². The molecule has 1 aromatic heterocycles. The quantitative estimate of drug-likeness (QED) is 0.702. The number of nitrogen functional groups attached to an aromatic ring is 1. The highest BCUT2D eigenvalue weighted by molar-refractivity contribution is 14.2. The number of aromatic nitrogens is 2. The molecule has 8 nitrogen and oxygen atoms in total. The summed E-state index contributed by atoms with van der Waals surface area (Å²) in [6, 6.07) is 0. The maximum absolute atomic E-state index is 12.1. The summed E-state index contributed by atoms with van der Waals surface area (Å²) in [5.41, 5.74) is 5.45. The zero-order valence-corrected chi connectivity index (χ0v) is 16.4. The van der Waals surface area contributed by atoms with Gasteiger partial charge in [-0.05, 0) is 39.5 Å². The van der Waals surface area contributed by atoms with Crippen molar-refractivity contribution in [2.24, 2.45) is 9.17 Å². The van der Waals surface area contributed by atoms with Crippen molar-refractivity contribution in [2.75, 3.05) is 30.4 Å². The monoisotopic (exact) mass is 446 g/mol. The molecular formula is C15H23IN6O2. The minimum Gasteiger partial charge on any atom is -0.444 e. The van der Waals surface area contributed by atoms with Crippen molar-refractivity contribution >= 4 is 38.8 Å². The van der Waals surface area contributed by atoms with E-state index in [1.54, 1.807) is 4.90 Å². The number of carbonyl (C=O) groups excluding carboxylic acids is 1. The van der Waals surface area contributed by atoms with Gasteiger partial charge in [0.05, 0.1) is 21.0 Å². The maximum atomic E-state index is 12.1. The molecule has 132 valence electrons. The summed E-state index contributed by atoms with van der Waals surface area (Å²) in [5, 5.41) is 1.98. The number of hydrogen-bond acceptors (Lipinski definition) is 7. The Morgan fingerprint density at radius 3 is 2.75 bits per heavy atom. The minimum absolute atomic E-state index is 0.219. The number of rotatable bonds is 2. The predicted octanol–water partition coefficient (Wildman–Crippen LogP) is 2.76. The van der Waals surface area contributed by atoms with Crippen LogP contribution in [0.25, 0.3) is 0 Å². The van der Waals surface area contributed by atoms with Crippen molar-refractivity contribution in [3.05, 3.63) is 9.90 Å². The van der Waals surface area contributed by atoms with E-state index in [9.17, 15) is 4.79 Å². The molecule has 9 heteroatoms. The molecule has 0 bridgehead atoms. The summed E-state index contributed by atoms with van der Waals surface area (Å²) in [7, 11) is 0. The molecule has 24 heavy (non-hydrogen) atoms. The average molecular weight is 446 g/mol. The van der Waals surface area contributed by atoms with E-state index in [0.29, 0.717) is 11.7 Å². The van der Waals surface area contributed by atoms with Crippen LogP contribution >= 0.6 is 21.0 Å². The summed E-state index contributed by atoms with van der Waals surface area (Å²) in [6.07, 6.45) is 3.17. The number of nitrogens with zero attached hydrogens (tertiary/aromatic N) is 5. The summed E-state index contributed by atoms with van der Waals surface area (Å²) in [6.45, 7) is 7.94. The van der Waals surface area contributed by atoms with Crippen LogP contribution in [0.5, 0.6) is 0 Å². The van der Waals surface area contributed by atoms with Crippen molar-refractivity contribution in [1.29, 1.82) is 0 Å². The van der Waals surface area contributed by atoms with Crippen LogP contribution in [0.1, 0.15) is 33.6 Å². The fraction of sp³-hybridized carbons (Fsp3) is 0.667. The molecule has 0 aromatic carbocycles. The molecule has 0 atom stereocenters. The molecule has 2 N–H and O–H groups in total. The van der Waals surface area contributed by atoms with Crippen molar-refractivity contribution in [2.45, 2.75) is 39.2 Å². The average Bonchev–Trinajstić information content (AvgIpc) is 2.91. The van der Waals surface area contributed by atoms with Gasteiger partial charge in [-0.2, -0.15) is 0 Å². The largest absolute Gasteiger partial charge is 0.444 e. The molecule has 2 aliphatic rings. The summed E-state index contributed by atoms with van der Waals surface area (Å²) in [4.78, 5) is 22.3. The SMILES string of the molecule is CC(C)(C)OC(=O)N1CCC(CN2N=Ic3c(N)ncnc32)CC1. The predicted molar refractivity (Wildman–Crippen MR) is 99.5 cm³/mol. The Bertz CT molecular complexity index is 652. The van der Waals surface area contributed by atoms with Gasteiger partial charge in [-0.3, -0.25) is 0 Å². The fourth-order valence-corrected chi connectivity index (χ4v) is 4.62. The molecule has 1 fully saturated rings. The topological polar surface area (TPSA) is 96.9 Å². The van der Waals surface area contributed by atoms with Crippen LogP contribution in [-0.2, 0) is 4.74 Å².